The lowest BCUT2D eigenvalue weighted by molar-refractivity contribution is -0.116. The Morgan fingerprint density at radius 3 is 2.62 bits per heavy atom. The van der Waals surface area contributed by atoms with Crippen LogP contribution in [0.1, 0.15) is 6.92 Å². The molecule has 3 nitrogen and oxygen atoms in total. The molecule has 1 aliphatic rings. The molecule has 0 bridgehead atoms. The number of hydrogen-bond donors (Lipinski definition) is 2. The van der Waals surface area contributed by atoms with Gasteiger partial charge in [-0.05, 0) is 6.92 Å². The summed E-state index contributed by atoms with van der Waals surface area (Å²) in [5.74, 6) is -0.0926. The second kappa shape index (κ2) is 1.51. The third-order valence-electron chi connectivity index (χ3n) is 1.08. The highest BCUT2D eigenvalue weighted by Gasteiger charge is 2.17. The maximum absolute atomic E-state index is 10.3. The molecule has 0 unspecified atom stereocenters. The second-order valence-corrected chi connectivity index (χ2v) is 1.80. The van der Waals surface area contributed by atoms with Crippen molar-refractivity contribution in [1.82, 2.24) is 5.32 Å². The van der Waals surface area contributed by atoms with Crippen molar-refractivity contribution in [3.8, 4) is 0 Å². The maximum Gasteiger partial charge on any atom is 0.248 e. The minimum absolute atomic E-state index is 0.120. The first-order valence-corrected chi connectivity index (χ1v) is 2.41. The van der Waals surface area contributed by atoms with Crippen molar-refractivity contribution >= 4 is 5.91 Å². The van der Waals surface area contributed by atoms with Crippen LogP contribution >= 0.6 is 0 Å². The van der Waals surface area contributed by atoms with Crippen LogP contribution in [-0.4, -0.2) is 17.1 Å². The average molecular weight is 113 g/mol. The average Bonchev–Trinajstić information content (AvgIpc) is 1.85. The number of rotatable bonds is 0. The van der Waals surface area contributed by atoms with E-state index < -0.39 is 0 Å². The van der Waals surface area contributed by atoms with Gasteiger partial charge in [-0.25, -0.2) is 0 Å². The summed E-state index contributed by atoms with van der Waals surface area (Å²) >= 11 is 0. The van der Waals surface area contributed by atoms with Gasteiger partial charge in [0.15, 0.2) is 0 Å². The van der Waals surface area contributed by atoms with E-state index in [1.165, 1.54) is 6.08 Å². The van der Waals surface area contributed by atoms with E-state index in [4.69, 9.17) is 5.11 Å². The lowest BCUT2D eigenvalue weighted by Crippen LogP contribution is -2.24. The van der Waals surface area contributed by atoms with Crippen molar-refractivity contribution < 1.29 is 9.90 Å². The van der Waals surface area contributed by atoms with E-state index in [-0.39, 0.29) is 17.7 Å². The molecule has 1 atom stereocenters. The largest absolute Gasteiger partial charge is 0.510 e. The quantitative estimate of drug-likeness (QED) is 0.462. The van der Waals surface area contributed by atoms with Crippen LogP contribution < -0.4 is 5.32 Å². The molecule has 1 aliphatic heterocycles. The Morgan fingerprint density at radius 1 is 1.88 bits per heavy atom. The van der Waals surface area contributed by atoms with Gasteiger partial charge in [0, 0.05) is 6.08 Å². The van der Waals surface area contributed by atoms with E-state index in [2.05, 4.69) is 5.32 Å². The summed E-state index contributed by atoms with van der Waals surface area (Å²) in [5, 5.41) is 11.2. The van der Waals surface area contributed by atoms with Gasteiger partial charge in [-0.2, -0.15) is 0 Å². The monoisotopic (exact) mass is 113 g/mol. The Labute approximate surface area is 47.0 Å². The molecular weight excluding hydrogens is 106 g/mol. The fraction of sp³-hybridized carbons (Fsp3) is 0.400. The van der Waals surface area contributed by atoms with Gasteiger partial charge in [-0.15, -0.1) is 0 Å². The molecule has 1 amide bonds. The summed E-state index contributed by atoms with van der Waals surface area (Å²) in [5.41, 5.74) is 0. The van der Waals surface area contributed by atoms with Gasteiger partial charge in [-0.1, -0.05) is 0 Å². The fourth-order valence-corrected chi connectivity index (χ4v) is 0.588. The number of aliphatic hydroxyl groups excluding tert-OH is 1. The van der Waals surface area contributed by atoms with Crippen molar-refractivity contribution in [3.05, 3.63) is 11.8 Å². The second-order valence-electron chi connectivity index (χ2n) is 1.80. The predicted molar refractivity (Wildman–Crippen MR) is 28.3 cm³/mol. The molecule has 0 aromatic rings. The van der Waals surface area contributed by atoms with Crippen LogP contribution in [-0.2, 0) is 4.79 Å². The number of amides is 1. The van der Waals surface area contributed by atoms with Gasteiger partial charge < -0.3 is 10.4 Å². The first-order chi connectivity index (χ1) is 3.70. The molecule has 44 valence electrons. The number of aliphatic hydroxyl groups is 1. The molecule has 1 rings (SSSR count). The molecule has 0 saturated heterocycles. The predicted octanol–water partition coefficient (Wildman–Crippen LogP) is -0.0534. The molecule has 0 aromatic heterocycles. The normalized spacial score (nSPS) is 27.4. The Morgan fingerprint density at radius 2 is 2.50 bits per heavy atom. The molecule has 0 saturated carbocycles. The van der Waals surface area contributed by atoms with Crippen LogP contribution in [0, 0.1) is 0 Å². The molecule has 2 N–H and O–H groups in total. The van der Waals surface area contributed by atoms with E-state index >= 15 is 0 Å². The molecule has 0 aliphatic carbocycles. The zero-order valence-electron chi connectivity index (χ0n) is 4.51. The molecule has 8 heavy (non-hydrogen) atoms. The number of carbonyl (C=O) groups is 1. The van der Waals surface area contributed by atoms with E-state index in [0.717, 1.165) is 0 Å². The van der Waals surface area contributed by atoms with Gasteiger partial charge in [0.25, 0.3) is 0 Å². The molecule has 0 aromatic carbocycles. The molecule has 3 heteroatoms. The minimum atomic E-state index is -0.213. The lowest BCUT2D eigenvalue weighted by Gasteiger charge is -2.00. The molecule has 0 radical (unpaired) electrons. The van der Waals surface area contributed by atoms with Gasteiger partial charge in [-0.3, -0.25) is 4.79 Å². The van der Waals surface area contributed by atoms with Crippen LogP contribution in [0.3, 0.4) is 0 Å². The fourth-order valence-electron chi connectivity index (χ4n) is 0.588. The van der Waals surface area contributed by atoms with Gasteiger partial charge >= 0.3 is 0 Å². The number of hydrogen-bond acceptors (Lipinski definition) is 2. The van der Waals surface area contributed by atoms with Crippen LogP contribution in [0.2, 0.25) is 0 Å². The van der Waals surface area contributed by atoms with Gasteiger partial charge in [0.2, 0.25) is 5.91 Å². The highest BCUT2D eigenvalue weighted by Crippen LogP contribution is 2.02. The van der Waals surface area contributed by atoms with E-state index in [0.29, 0.717) is 0 Å². The Kier molecular flexibility index (Phi) is 0.970. The summed E-state index contributed by atoms with van der Waals surface area (Å²) in [6, 6.07) is -0.192. The lowest BCUT2D eigenvalue weighted by atomic mass is 10.3. The van der Waals surface area contributed by atoms with Crippen molar-refractivity contribution in [1.29, 1.82) is 0 Å². The van der Waals surface area contributed by atoms with Crippen LogP contribution in [0.4, 0.5) is 0 Å². The summed E-state index contributed by atoms with van der Waals surface area (Å²) < 4.78 is 0. The third-order valence-corrected chi connectivity index (χ3v) is 1.08. The van der Waals surface area contributed by atoms with Crippen molar-refractivity contribution in [2.75, 3.05) is 0 Å². The third kappa shape index (κ3) is 0.665. The van der Waals surface area contributed by atoms with E-state index in [9.17, 15) is 4.79 Å². The summed E-state index contributed by atoms with van der Waals surface area (Å²) in [6.07, 6.45) is 1.19. The molecule has 1 heterocycles. The Bertz CT molecular complexity index is 151. The Balaban J connectivity index is 2.73. The first-order valence-electron chi connectivity index (χ1n) is 2.41. The zero-order chi connectivity index (χ0) is 6.15. The number of carbonyl (C=O) groups excluding carboxylic acids is 1. The number of nitrogens with one attached hydrogen (secondary N) is 1. The zero-order valence-corrected chi connectivity index (χ0v) is 4.51. The maximum atomic E-state index is 10.3. The minimum Gasteiger partial charge on any atom is -0.510 e. The molecular formula is C5H7NO2. The summed E-state index contributed by atoms with van der Waals surface area (Å²) in [7, 11) is 0. The SMILES string of the molecule is C[C@H]1NC(=O)C=C1O. The van der Waals surface area contributed by atoms with Crippen LogP contribution in [0.25, 0.3) is 0 Å². The van der Waals surface area contributed by atoms with Crippen molar-refractivity contribution in [3.63, 3.8) is 0 Å². The summed E-state index contributed by atoms with van der Waals surface area (Å²) in [4.78, 5) is 10.3. The summed E-state index contributed by atoms with van der Waals surface area (Å²) in [6.45, 7) is 1.72. The van der Waals surface area contributed by atoms with Gasteiger partial charge in [0.05, 0.1) is 6.04 Å². The van der Waals surface area contributed by atoms with Crippen molar-refractivity contribution in [2.24, 2.45) is 0 Å². The smallest absolute Gasteiger partial charge is 0.248 e. The standard InChI is InChI=1S/C5H7NO2/c1-3-4(7)2-5(8)6-3/h2-3,7H,1H3,(H,6,8)/t3-/m1/s1. The highest BCUT2D eigenvalue weighted by molar-refractivity contribution is 5.91. The van der Waals surface area contributed by atoms with E-state index in [1.54, 1.807) is 6.92 Å². The molecule has 0 spiro atoms. The molecule has 0 fully saturated rings. The van der Waals surface area contributed by atoms with Crippen molar-refractivity contribution in [2.45, 2.75) is 13.0 Å². The van der Waals surface area contributed by atoms with Crippen LogP contribution in [0.5, 0.6) is 0 Å². The topological polar surface area (TPSA) is 49.3 Å². The highest BCUT2D eigenvalue weighted by atomic mass is 16.3. The van der Waals surface area contributed by atoms with E-state index in [1.807, 2.05) is 0 Å². The first kappa shape index (κ1) is 5.15. The van der Waals surface area contributed by atoms with Crippen LogP contribution in [0.15, 0.2) is 11.8 Å². The Hall–Kier alpha value is -0.990. The van der Waals surface area contributed by atoms with Gasteiger partial charge in [0.1, 0.15) is 5.76 Å².